The highest BCUT2D eigenvalue weighted by molar-refractivity contribution is 6.00. The number of aromatic nitrogens is 3. The van der Waals surface area contributed by atoms with Crippen LogP contribution in [-0.2, 0) is 17.6 Å². The molecular weight excluding hydrogens is 364 g/mol. The maximum Gasteiger partial charge on any atom is 0.228 e. The van der Waals surface area contributed by atoms with Crippen molar-refractivity contribution in [2.45, 2.75) is 33.1 Å². The lowest BCUT2D eigenvalue weighted by atomic mass is 10.0. The number of hydrogen-bond acceptors (Lipinski definition) is 6. The van der Waals surface area contributed by atoms with Crippen molar-refractivity contribution in [1.82, 2.24) is 15.0 Å². The molecule has 0 spiro atoms. The lowest BCUT2D eigenvalue weighted by Crippen LogP contribution is -2.13. The number of carbonyl (C=O) groups is 1. The highest BCUT2D eigenvalue weighted by Gasteiger charge is 2.21. The third-order valence-corrected chi connectivity index (χ3v) is 4.98. The summed E-state index contributed by atoms with van der Waals surface area (Å²) in [6, 6.07) is 8.04. The largest absolute Gasteiger partial charge is 0.330 e. The molecule has 29 heavy (non-hydrogen) atoms. The van der Waals surface area contributed by atoms with Crippen LogP contribution in [0.1, 0.15) is 28.8 Å². The maximum absolute atomic E-state index is 12.3. The van der Waals surface area contributed by atoms with Gasteiger partial charge in [-0.05, 0) is 56.5 Å². The molecule has 4 rings (SSSR count). The van der Waals surface area contributed by atoms with Crippen LogP contribution in [0.5, 0.6) is 0 Å². The van der Waals surface area contributed by atoms with Gasteiger partial charge >= 0.3 is 0 Å². The topological polar surface area (TPSA) is 106 Å². The van der Waals surface area contributed by atoms with E-state index in [9.17, 15) is 4.79 Å². The van der Waals surface area contributed by atoms with Crippen LogP contribution in [0.3, 0.4) is 0 Å². The first-order valence-electron chi connectivity index (χ1n) is 9.73. The molecule has 0 fully saturated rings. The molecule has 0 atom stereocenters. The molecule has 4 N–H and O–H groups in total. The Kier molecular flexibility index (Phi) is 5.22. The van der Waals surface area contributed by atoms with Crippen LogP contribution in [0.2, 0.25) is 0 Å². The van der Waals surface area contributed by atoms with Crippen LogP contribution in [0.15, 0.2) is 36.7 Å². The number of fused-ring (bicyclic) bond motifs is 3. The van der Waals surface area contributed by atoms with Gasteiger partial charge in [0.2, 0.25) is 11.9 Å². The highest BCUT2D eigenvalue weighted by atomic mass is 16.1. The van der Waals surface area contributed by atoms with E-state index in [0.717, 1.165) is 57.9 Å². The number of benzene rings is 1. The fraction of sp³-hybridized carbons (Fsp3) is 0.273. The number of pyridine rings is 1. The maximum atomic E-state index is 12.3. The van der Waals surface area contributed by atoms with Crippen LogP contribution in [0.4, 0.5) is 17.3 Å². The molecule has 0 aliphatic carbocycles. The molecule has 7 nitrogen and oxygen atoms in total. The third-order valence-electron chi connectivity index (χ3n) is 4.98. The molecule has 0 radical (unpaired) electrons. The van der Waals surface area contributed by atoms with Crippen molar-refractivity contribution in [3.63, 3.8) is 0 Å². The van der Waals surface area contributed by atoms with Gasteiger partial charge in [-0.1, -0.05) is 12.1 Å². The number of nitrogens with one attached hydrogen (secondary N) is 2. The molecule has 1 amide bonds. The summed E-state index contributed by atoms with van der Waals surface area (Å²) in [6.07, 6.45) is 5.64. The van der Waals surface area contributed by atoms with Crippen molar-refractivity contribution in [1.29, 1.82) is 0 Å². The van der Waals surface area contributed by atoms with E-state index < -0.39 is 0 Å². The Morgan fingerprint density at radius 1 is 1.17 bits per heavy atom. The lowest BCUT2D eigenvalue weighted by Gasteiger charge is -2.13. The average Bonchev–Trinajstić information content (AvgIpc) is 2.83. The summed E-state index contributed by atoms with van der Waals surface area (Å²) in [5.41, 5.74) is 12.8. The van der Waals surface area contributed by atoms with Crippen molar-refractivity contribution in [3.05, 3.63) is 59.0 Å². The van der Waals surface area contributed by atoms with E-state index in [-0.39, 0.29) is 12.3 Å². The third kappa shape index (κ3) is 4.09. The molecule has 0 saturated heterocycles. The van der Waals surface area contributed by atoms with Gasteiger partial charge in [-0.15, -0.1) is 0 Å². The van der Waals surface area contributed by atoms with E-state index >= 15 is 0 Å². The minimum Gasteiger partial charge on any atom is -0.330 e. The molecule has 1 aliphatic heterocycles. The molecule has 2 aromatic heterocycles. The van der Waals surface area contributed by atoms with Crippen molar-refractivity contribution >= 4 is 23.2 Å². The smallest absolute Gasteiger partial charge is 0.228 e. The number of hydrogen-bond donors (Lipinski definition) is 3. The number of aryl methyl sites for hydroxylation is 3. The summed E-state index contributed by atoms with van der Waals surface area (Å²) < 4.78 is 0. The molecular formula is C22H24N6O. The Labute approximate surface area is 169 Å². The standard InChI is InChI=1S/C22H24N6O/c1-13-5-6-17-19(8-13)26-20(29)10-16-12-25-22(28-21(16)17)27-18-9-15(4-3-7-23)11-24-14(18)2/h5-6,8-9,11-12H,3-4,7,10,23H2,1-2H3,(H,26,29)(H,25,27,28). The SMILES string of the molecule is Cc1ccc2c(c1)NC(=O)Cc1cnc(Nc3cc(CCCN)cnc3C)nc1-2. The quantitative estimate of drug-likeness (QED) is 0.619. The number of amides is 1. The van der Waals surface area contributed by atoms with Crippen LogP contribution in [0, 0.1) is 13.8 Å². The second-order valence-corrected chi connectivity index (χ2v) is 7.34. The van der Waals surface area contributed by atoms with Gasteiger partial charge < -0.3 is 16.4 Å². The van der Waals surface area contributed by atoms with E-state index in [4.69, 9.17) is 10.7 Å². The fourth-order valence-electron chi connectivity index (χ4n) is 3.43. The van der Waals surface area contributed by atoms with Gasteiger partial charge in [-0.3, -0.25) is 9.78 Å². The second-order valence-electron chi connectivity index (χ2n) is 7.34. The first kappa shape index (κ1) is 19.0. The summed E-state index contributed by atoms with van der Waals surface area (Å²) in [5.74, 6) is 0.415. The molecule has 148 valence electrons. The lowest BCUT2D eigenvalue weighted by molar-refractivity contribution is -0.115. The minimum absolute atomic E-state index is 0.0624. The molecule has 0 bridgehead atoms. The Morgan fingerprint density at radius 2 is 2.03 bits per heavy atom. The van der Waals surface area contributed by atoms with Crippen molar-refractivity contribution in [2.24, 2.45) is 5.73 Å². The zero-order valence-corrected chi connectivity index (χ0v) is 16.6. The second kappa shape index (κ2) is 7.97. The van der Waals surface area contributed by atoms with Gasteiger partial charge in [0, 0.05) is 23.5 Å². The number of carbonyl (C=O) groups excluding carboxylic acids is 1. The fourth-order valence-corrected chi connectivity index (χ4v) is 3.43. The first-order valence-corrected chi connectivity index (χ1v) is 9.73. The van der Waals surface area contributed by atoms with Gasteiger partial charge in [0.25, 0.3) is 0 Å². The van der Waals surface area contributed by atoms with Crippen molar-refractivity contribution in [3.8, 4) is 11.3 Å². The van der Waals surface area contributed by atoms with Gasteiger partial charge in [0.1, 0.15) is 0 Å². The number of rotatable bonds is 5. The summed E-state index contributed by atoms with van der Waals surface area (Å²) >= 11 is 0. The zero-order valence-electron chi connectivity index (χ0n) is 16.6. The summed E-state index contributed by atoms with van der Waals surface area (Å²) in [6.45, 7) is 4.59. The van der Waals surface area contributed by atoms with Crippen LogP contribution < -0.4 is 16.4 Å². The summed E-state index contributed by atoms with van der Waals surface area (Å²) in [4.78, 5) is 25.9. The number of nitrogens with two attached hydrogens (primary N) is 1. The van der Waals surface area contributed by atoms with Gasteiger partial charge in [0.05, 0.1) is 29.2 Å². The Balaban J connectivity index is 1.71. The Bertz CT molecular complexity index is 1080. The summed E-state index contributed by atoms with van der Waals surface area (Å²) in [7, 11) is 0. The predicted molar refractivity (Wildman–Crippen MR) is 114 cm³/mol. The average molecular weight is 388 g/mol. The Morgan fingerprint density at radius 3 is 2.86 bits per heavy atom. The molecule has 0 unspecified atom stereocenters. The summed E-state index contributed by atoms with van der Waals surface area (Å²) in [5, 5.41) is 6.26. The molecule has 1 aromatic carbocycles. The molecule has 0 saturated carbocycles. The zero-order chi connectivity index (χ0) is 20.4. The van der Waals surface area contributed by atoms with E-state index in [0.29, 0.717) is 12.5 Å². The number of nitrogens with zero attached hydrogens (tertiary/aromatic N) is 3. The van der Waals surface area contributed by atoms with Crippen LogP contribution >= 0.6 is 0 Å². The van der Waals surface area contributed by atoms with Crippen molar-refractivity contribution in [2.75, 3.05) is 17.2 Å². The predicted octanol–water partition coefficient (Wildman–Crippen LogP) is 3.28. The van der Waals surface area contributed by atoms with Gasteiger partial charge in [0.15, 0.2) is 0 Å². The normalized spacial score (nSPS) is 12.6. The molecule has 7 heteroatoms. The van der Waals surface area contributed by atoms with E-state index in [1.165, 1.54) is 0 Å². The van der Waals surface area contributed by atoms with E-state index in [2.05, 4.69) is 26.7 Å². The van der Waals surface area contributed by atoms with E-state index in [1.54, 1.807) is 6.20 Å². The highest BCUT2D eigenvalue weighted by Crippen LogP contribution is 2.33. The molecule has 3 heterocycles. The van der Waals surface area contributed by atoms with Gasteiger partial charge in [-0.25, -0.2) is 9.97 Å². The van der Waals surface area contributed by atoms with Gasteiger partial charge in [-0.2, -0.15) is 0 Å². The minimum atomic E-state index is -0.0624. The molecule has 3 aromatic rings. The van der Waals surface area contributed by atoms with Crippen LogP contribution in [0.25, 0.3) is 11.3 Å². The first-order chi connectivity index (χ1) is 14.0. The van der Waals surface area contributed by atoms with E-state index in [1.807, 2.05) is 38.2 Å². The molecule has 1 aliphatic rings. The van der Waals surface area contributed by atoms with Crippen molar-refractivity contribution < 1.29 is 4.79 Å². The number of anilines is 3. The monoisotopic (exact) mass is 388 g/mol. The Hall–Kier alpha value is -3.32. The van der Waals surface area contributed by atoms with Crippen LogP contribution in [-0.4, -0.2) is 27.4 Å².